The van der Waals surface area contributed by atoms with Gasteiger partial charge < -0.3 is 20.1 Å². The normalized spacial score (nSPS) is 15.0. The zero-order chi connectivity index (χ0) is 23.8. The van der Waals surface area contributed by atoms with E-state index in [1.807, 2.05) is 35.8 Å². The lowest BCUT2D eigenvalue weighted by Gasteiger charge is -2.31. The molecule has 0 saturated carbocycles. The second kappa shape index (κ2) is 8.55. The summed E-state index contributed by atoms with van der Waals surface area (Å²) in [6.45, 7) is 1.83. The Kier molecular flexibility index (Phi) is 5.41. The number of nitrogens with zero attached hydrogens (tertiary/aromatic N) is 2. The number of nitrogens with one attached hydrogen (secondary N) is 2. The van der Waals surface area contributed by atoms with Gasteiger partial charge in [-0.25, -0.2) is 9.37 Å². The van der Waals surface area contributed by atoms with E-state index < -0.39 is 6.04 Å². The van der Waals surface area contributed by atoms with Crippen LogP contribution < -0.4 is 20.1 Å². The van der Waals surface area contributed by atoms with Crippen molar-refractivity contribution in [3.05, 3.63) is 89.4 Å². The van der Waals surface area contributed by atoms with Crippen molar-refractivity contribution in [1.82, 2.24) is 9.55 Å². The average Bonchev–Trinajstić information content (AvgIpc) is 3.21. The third-order valence-electron chi connectivity index (χ3n) is 5.92. The molecule has 8 heteroatoms. The van der Waals surface area contributed by atoms with Crippen molar-refractivity contribution < 1.29 is 18.7 Å². The summed E-state index contributed by atoms with van der Waals surface area (Å²) >= 11 is 0. The van der Waals surface area contributed by atoms with Crippen molar-refractivity contribution in [2.45, 2.75) is 13.0 Å². The predicted octanol–water partition coefficient (Wildman–Crippen LogP) is 5.12. The minimum absolute atomic E-state index is 0.314. The number of methoxy groups -OCH3 is 2. The van der Waals surface area contributed by atoms with Crippen LogP contribution in [0.25, 0.3) is 11.0 Å². The smallest absolute Gasteiger partial charge is 0.255 e. The van der Waals surface area contributed by atoms with Crippen molar-refractivity contribution in [1.29, 1.82) is 0 Å². The van der Waals surface area contributed by atoms with Gasteiger partial charge in [0.2, 0.25) is 5.95 Å². The minimum atomic E-state index is -0.520. The van der Waals surface area contributed by atoms with E-state index in [4.69, 9.17) is 14.5 Å². The number of carbonyl (C=O) groups is 1. The summed E-state index contributed by atoms with van der Waals surface area (Å²) in [6, 6.07) is 18.5. The van der Waals surface area contributed by atoms with Gasteiger partial charge in [-0.1, -0.05) is 24.3 Å². The van der Waals surface area contributed by atoms with Gasteiger partial charge in [0, 0.05) is 11.8 Å². The van der Waals surface area contributed by atoms with Crippen LogP contribution in [0.1, 0.15) is 18.5 Å². The molecule has 0 bridgehead atoms. The summed E-state index contributed by atoms with van der Waals surface area (Å²) in [5.41, 5.74) is 4.07. The number of rotatable bonds is 5. The minimum Gasteiger partial charge on any atom is -0.497 e. The summed E-state index contributed by atoms with van der Waals surface area (Å²) < 4.78 is 26.4. The standard InChI is InChI=1S/C26H23FN4O3/c1-15-23(25(32)29-20-13-12-18(33-2)14-22(20)34-3)24(16-8-10-17(27)11-9-16)31-21-7-5-4-6-19(21)30-26(31)28-15/h4-14,24H,1-3H3,(H,28,30)(H,29,32)/t24-/m1/s1. The third-order valence-corrected chi connectivity index (χ3v) is 5.92. The number of ether oxygens (including phenoxy) is 2. The number of hydrogen-bond donors (Lipinski definition) is 2. The van der Waals surface area contributed by atoms with Gasteiger partial charge in [-0.15, -0.1) is 0 Å². The highest BCUT2D eigenvalue weighted by Gasteiger charge is 2.34. The highest BCUT2D eigenvalue weighted by molar-refractivity contribution is 6.07. The van der Waals surface area contributed by atoms with E-state index in [1.54, 1.807) is 37.4 Å². The molecule has 0 spiro atoms. The molecule has 1 atom stereocenters. The Morgan fingerprint density at radius 2 is 1.82 bits per heavy atom. The fraction of sp³-hybridized carbons (Fsp3) is 0.154. The van der Waals surface area contributed by atoms with Crippen LogP contribution in [0.15, 0.2) is 78.0 Å². The second-order valence-corrected chi connectivity index (χ2v) is 7.93. The first-order valence-electron chi connectivity index (χ1n) is 10.7. The Hall–Kier alpha value is -4.33. The highest BCUT2D eigenvalue weighted by Crippen LogP contribution is 2.40. The van der Waals surface area contributed by atoms with Crippen molar-refractivity contribution in [2.75, 3.05) is 24.9 Å². The molecule has 0 aliphatic carbocycles. The Labute approximate surface area is 195 Å². The molecule has 7 nitrogen and oxygen atoms in total. The number of anilines is 2. The van der Waals surface area contributed by atoms with Gasteiger partial charge in [0.1, 0.15) is 17.3 Å². The largest absolute Gasteiger partial charge is 0.497 e. The number of aromatic nitrogens is 2. The summed E-state index contributed by atoms with van der Waals surface area (Å²) in [5.74, 6) is 1.05. The quantitative estimate of drug-likeness (QED) is 0.434. The molecule has 2 N–H and O–H groups in total. The van der Waals surface area contributed by atoms with Crippen molar-refractivity contribution in [3.63, 3.8) is 0 Å². The van der Waals surface area contributed by atoms with Crippen LogP contribution in [0, 0.1) is 5.82 Å². The first-order chi connectivity index (χ1) is 16.5. The van der Waals surface area contributed by atoms with Crippen LogP contribution in [0.3, 0.4) is 0 Å². The van der Waals surface area contributed by atoms with E-state index in [2.05, 4.69) is 10.6 Å². The molecule has 1 aliphatic heterocycles. The second-order valence-electron chi connectivity index (χ2n) is 7.93. The first-order valence-corrected chi connectivity index (χ1v) is 10.7. The lowest BCUT2D eigenvalue weighted by Crippen LogP contribution is -2.31. The van der Waals surface area contributed by atoms with Gasteiger partial charge in [-0.05, 0) is 48.9 Å². The zero-order valence-electron chi connectivity index (χ0n) is 18.9. The van der Waals surface area contributed by atoms with Gasteiger partial charge in [0.25, 0.3) is 5.91 Å². The zero-order valence-corrected chi connectivity index (χ0v) is 18.9. The van der Waals surface area contributed by atoms with Gasteiger partial charge in [-0.3, -0.25) is 9.36 Å². The van der Waals surface area contributed by atoms with E-state index in [9.17, 15) is 9.18 Å². The fourth-order valence-corrected chi connectivity index (χ4v) is 4.31. The lowest BCUT2D eigenvalue weighted by atomic mass is 9.94. The average molecular weight is 458 g/mol. The van der Waals surface area contributed by atoms with Crippen LogP contribution in [0.2, 0.25) is 0 Å². The number of halogens is 1. The Balaban J connectivity index is 1.63. The van der Waals surface area contributed by atoms with Crippen LogP contribution in [-0.2, 0) is 4.79 Å². The molecule has 0 saturated heterocycles. The number of para-hydroxylation sites is 2. The van der Waals surface area contributed by atoms with Crippen molar-refractivity contribution in [2.24, 2.45) is 0 Å². The fourth-order valence-electron chi connectivity index (χ4n) is 4.31. The molecule has 4 aromatic rings. The molecule has 0 unspecified atom stereocenters. The molecule has 1 amide bonds. The molecule has 1 aliphatic rings. The molecule has 172 valence electrons. The summed E-state index contributed by atoms with van der Waals surface area (Å²) in [7, 11) is 3.09. The van der Waals surface area contributed by atoms with Crippen LogP contribution in [-0.4, -0.2) is 29.7 Å². The topological polar surface area (TPSA) is 77.4 Å². The Bertz CT molecular complexity index is 1430. The number of benzene rings is 3. The van der Waals surface area contributed by atoms with Gasteiger partial charge in [0.05, 0.1) is 42.6 Å². The molecule has 0 radical (unpaired) electrons. The number of fused-ring (bicyclic) bond motifs is 3. The van der Waals surface area contributed by atoms with E-state index in [0.717, 1.165) is 16.6 Å². The maximum atomic E-state index is 13.8. The molecule has 3 aromatic carbocycles. The number of imidazole rings is 1. The van der Waals surface area contributed by atoms with Crippen molar-refractivity contribution in [3.8, 4) is 11.5 Å². The van der Waals surface area contributed by atoms with Crippen LogP contribution in [0.5, 0.6) is 11.5 Å². The van der Waals surface area contributed by atoms with E-state index in [-0.39, 0.29) is 11.7 Å². The lowest BCUT2D eigenvalue weighted by molar-refractivity contribution is -0.113. The first kappa shape index (κ1) is 21.5. The molecule has 34 heavy (non-hydrogen) atoms. The monoisotopic (exact) mass is 458 g/mol. The summed E-state index contributed by atoms with van der Waals surface area (Å²) in [6.07, 6.45) is 0. The maximum absolute atomic E-state index is 13.8. The van der Waals surface area contributed by atoms with Crippen LogP contribution in [0.4, 0.5) is 16.0 Å². The number of allylic oxidation sites excluding steroid dienone is 1. The predicted molar refractivity (Wildman–Crippen MR) is 129 cm³/mol. The maximum Gasteiger partial charge on any atom is 0.255 e. The van der Waals surface area contributed by atoms with Gasteiger partial charge in [0.15, 0.2) is 0 Å². The molecule has 0 fully saturated rings. The Morgan fingerprint density at radius 3 is 2.56 bits per heavy atom. The summed E-state index contributed by atoms with van der Waals surface area (Å²) in [5, 5.41) is 6.24. The van der Waals surface area contributed by atoms with Gasteiger partial charge >= 0.3 is 0 Å². The molecular weight excluding hydrogens is 435 g/mol. The van der Waals surface area contributed by atoms with Gasteiger partial charge in [-0.2, -0.15) is 0 Å². The molecule has 1 aromatic heterocycles. The SMILES string of the molecule is COc1ccc(NC(=O)C2=C(C)Nc3nc4ccccc4n3[C@@H]2c2ccc(F)cc2)c(OC)c1. The molecule has 5 rings (SSSR count). The number of hydrogen-bond acceptors (Lipinski definition) is 5. The van der Waals surface area contributed by atoms with Crippen molar-refractivity contribution >= 4 is 28.6 Å². The number of amides is 1. The Morgan fingerprint density at radius 1 is 1.06 bits per heavy atom. The molecule has 2 heterocycles. The van der Waals surface area contributed by atoms with E-state index >= 15 is 0 Å². The third kappa shape index (κ3) is 3.63. The van der Waals surface area contributed by atoms with E-state index in [1.165, 1.54) is 19.2 Å². The molecular formula is C26H23FN4O3. The summed E-state index contributed by atoms with van der Waals surface area (Å²) in [4.78, 5) is 18.4. The highest BCUT2D eigenvalue weighted by atomic mass is 19.1. The van der Waals surface area contributed by atoms with E-state index in [0.29, 0.717) is 34.4 Å². The number of carbonyl (C=O) groups excluding carboxylic acids is 1. The van der Waals surface area contributed by atoms with Crippen LogP contribution >= 0.6 is 0 Å².